The third-order valence-electron chi connectivity index (χ3n) is 6.12. The van der Waals surface area contributed by atoms with Gasteiger partial charge in [0.15, 0.2) is 5.78 Å². The van der Waals surface area contributed by atoms with Crippen LogP contribution in [0.5, 0.6) is 0 Å². The van der Waals surface area contributed by atoms with Gasteiger partial charge in [0.25, 0.3) is 11.7 Å². The summed E-state index contributed by atoms with van der Waals surface area (Å²) in [6, 6.07) is 14.4. The van der Waals surface area contributed by atoms with Crippen LogP contribution >= 0.6 is 11.8 Å². The first-order valence-corrected chi connectivity index (χ1v) is 13.3. The number of thioether (sulfide) groups is 1. The number of anilines is 1. The maximum atomic E-state index is 12.7. The van der Waals surface area contributed by atoms with Gasteiger partial charge in [-0.25, -0.2) is 0 Å². The van der Waals surface area contributed by atoms with Crippen LogP contribution < -0.4 is 4.90 Å². The van der Waals surface area contributed by atoms with E-state index in [0.717, 1.165) is 10.6 Å². The second-order valence-electron chi connectivity index (χ2n) is 8.72. The van der Waals surface area contributed by atoms with Crippen LogP contribution in [-0.2, 0) is 4.79 Å². The van der Waals surface area contributed by atoms with E-state index < -0.39 is 11.7 Å². The molecule has 0 bridgehead atoms. The molecule has 1 aliphatic heterocycles. The van der Waals surface area contributed by atoms with Gasteiger partial charge in [-0.2, -0.15) is 0 Å². The van der Waals surface area contributed by atoms with Gasteiger partial charge in [-0.15, -0.1) is 11.8 Å². The fourth-order valence-corrected chi connectivity index (χ4v) is 5.07. The molecule has 0 atom stereocenters. The minimum atomic E-state index is -0.631. The Balaban J connectivity index is 1.35. The molecule has 0 saturated heterocycles. The maximum absolute atomic E-state index is 12.7. The Kier molecular flexibility index (Phi) is 10.2. The number of hydrogen-bond donors (Lipinski definition) is 0. The molecular formula is C28H35NO3S. The third-order valence-corrected chi connectivity index (χ3v) is 7.22. The van der Waals surface area contributed by atoms with Crippen LogP contribution in [0.4, 0.5) is 5.69 Å². The van der Waals surface area contributed by atoms with Crippen LogP contribution in [0.3, 0.4) is 0 Å². The Bertz CT molecular complexity index is 938. The molecule has 33 heavy (non-hydrogen) atoms. The number of Topliss-reactive ketones (excluding diaryl/α,β-unsaturated/α-hetero) is 2. The molecule has 5 heteroatoms. The first-order chi connectivity index (χ1) is 16.1. The van der Waals surface area contributed by atoms with E-state index >= 15 is 0 Å². The number of rotatable bonds is 15. The lowest BCUT2D eigenvalue weighted by Gasteiger charge is -2.15. The van der Waals surface area contributed by atoms with Crippen LogP contribution in [-0.4, -0.2) is 29.8 Å². The molecule has 0 aromatic heterocycles. The SMILES string of the molecule is CCCCCCCCCCCCSc1ccc(C(=O)CN2C(=O)C(=O)c3ccccc32)cc1. The monoisotopic (exact) mass is 465 g/mol. The number of carbonyl (C=O) groups is 3. The second-order valence-corrected chi connectivity index (χ2v) is 9.88. The molecule has 0 radical (unpaired) electrons. The maximum Gasteiger partial charge on any atom is 0.299 e. The Morgan fingerprint density at radius 1 is 0.788 bits per heavy atom. The van der Waals surface area contributed by atoms with E-state index in [9.17, 15) is 14.4 Å². The summed E-state index contributed by atoms with van der Waals surface area (Å²) in [6.45, 7) is 2.14. The zero-order chi connectivity index (χ0) is 23.5. The highest BCUT2D eigenvalue weighted by atomic mass is 32.2. The van der Waals surface area contributed by atoms with Crippen molar-refractivity contribution in [1.29, 1.82) is 0 Å². The van der Waals surface area contributed by atoms with Crippen molar-refractivity contribution < 1.29 is 14.4 Å². The molecule has 2 aromatic carbocycles. The molecule has 0 saturated carbocycles. The normalized spacial score (nSPS) is 12.9. The Morgan fingerprint density at radius 3 is 2.06 bits per heavy atom. The van der Waals surface area contributed by atoms with E-state index in [4.69, 9.17) is 0 Å². The van der Waals surface area contributed by atoms with Crippen molar-refractivity contribution in [1.82, 2.24) is 0 Å². The summed E-state index contributed by atoms with van der Waals surface area (Å²) in [6.07, 6.45) is 13.4. The molecule has 0 fully saturated rings. The molecule has 1 aliphatic rings. The zero-order valence-corrected chi connectivity index (χ0v) is 20.5. The van der Waals surface area contributed by atoms with Gasteiger partial charge >= 0.3 is 0 Å². The van der Waals surface area contributed by atoms with E-state index in [0.29, 0.717) is 16.8 Å². The number of carbonyl (C=O) groups excluding carboxylic acids is 3. The lowest BCUT2D eigenvalue weighted by molar-refractivity contribution is -0.114. The fourth-order valence-electron chi connectivity index (χ4n) is 4.16. The molecular weight excluding hydrogens is 430 g/mol. The van der Waals surface area contributed by atoms with Crippen molar-refractivity contribution in [3.8, 4) is 0 Å². The summed E-state index contributed by atoms with van der Waals surface area (Å²) in [7, 11) is 0. The number of para-hydroxylation sites is 1. The van der Waals surface area contributed by atoms with Gasteiger partial charge in [-0.05, 0) is 36.4 Å². The van der Waals surface area contributed by atoms with Crippen molar-refractivity contribution in [3.05, 3.63) is 59.7 Å². The van der Waals surface area contributed by atoms with E-state index in [1.807, 2.05) is 36.0 Å². The molecule has 176 valence electrons. The number of unbranched alkanes of at least 4 members (excludes halogenated alkanes) is 9. The van der Waals surface area contributed by atoms with Crippen molar-refractivity contribution in [2.24, 2.45) is 0 Å². The summed E-state index contributed by atoms with van der Waals surface area (Å²) < 4.78 is 0. The molecule has 0 spiro atoms. The molecule has 1 heterocycles. The number of hydrogen-bond acceptors (Lipinski definition) is 4. The predicted octanol–water partition coefficient (Wildman–Crippen LogP) is 7.11. The van der Waals surface area contributed by atoms with Gasteiger partial charge < -0.3 is 0 Å². The summed E-state index contributed by atoms with van der Waals surface area (Å²) in [5.74, 6) is -0.255. The van der Waals surface area contributed by atoms with E-state index in [2.05, 4.69) is 6.92 Å². The van der Waals surface area contributed by atoms with E-state index in [-0.39, 0.29) is 12.3 Å². The van der Waals surface area contributed by atoms with Gasteiger partial charge in [0, 0.05) is 10.5 Å². The van der Waals surface area contributed by atoms with Crippen LogP contribution in [0.15, 0.2) is 53.4 Å². The zero-order valence-electron chi connectivity index (χ0n) is 19.7. The van der Waals surface area contributed by atoms with Gasteiger partial charge in [-0.1, -0.05) is 89.0 Å². The van der Waals surface area contributed by atoms with Crippen LogP contribution in [0, 0.1) is 0 Å². The highest BCUT2D eigenvalue weighted by Crippen LogP contribution is 2.29. The molecule has 3 rings (SSSR count). The fraction of sp³-hybridized carbons (Fsp3) is 0.464. The van der Waals surface area contributed by atoms with Gasteiger partial charge in [0.1, 0.15) is 0 Å². The van der Waals surface area contributed by atoms with Gasteiger partial charge in [0.2, 0.25) is 0 Å². The highest BCUT2D eigenvalue weighted by molar-refractivity contribution is 7.99. The molecule has 1 amide bonds. The van der Waals surface area contributed by atoms with Crippen molar-refractivity contribution >= 4 is 34.9 Å². The highest BCUT2D eigenvalue weighted by Gasteiger charge is 2.36. The molecule has 0 N–H and O–H groups in total. The Morgan fingerprint density at radius 2 is 1.39 bits per heavy atom. The Hall–Kier alpha value is -2.40. The number of fused-ring (bicyclic) bond motifs is 1. The van der Waals surface area contributed by atoms with E-state index in [1.54, 1.807) is 24.3 Å². The van der Waals surface area contributed by atoms with E-state index in [1.165, 1.54) is 69.1 Å². The molecule has 0 aliphatic carbocycles. The van der Waals surface area contributed by atoms with Crippen molar-refractivity contribution in [2.75, 3.05) is 17.2 Å². The quantitative estimate of drug-likeness (QED) is 0.122. The number of amides is 1. The minimum absolute atomic E-state index is 0.118. The summed E-state index contributed by atoms with van der Waals surface area (Å²) in [4.78, 5) is 39.6. The van der Waals surface area contributed by atoms with Gasteiger partial charge in [-0.3, -0.25) is 19.3 Å². The number of ketones is 2. The van der Waals surface area contributed by atoms with Gasteiger partial charge in [0.05, 0.1) is 17.8 Å². The number of benzene rings is 2. The van der Waals surface area contributed by atoms with Crippen LogP contribution in [0.2, 0.25) is 0 Å². The molecule has 4 nitrogen and oxygen atoms in total. The average molecular weight is 466 g/mol. The average Bonchev–Trinajstić information content (AvgIpc) is 3.08. The molecule has 2 aromatic rings. The third kappa shape index (κ3) is 7.29. The lowest BCUT2D eigenvalue weighted by Crippen LogP contribution is -2.34. The second kappa shape index (κ2) is 13.3. The summed E-state index contributed by atoms with van der Waals surface area (Å²) >= 11 is 1.82. The summed E-state index contributed by atoms with van der Waals surface area (Å²) in [5, 5.41) is 0. The first-order valence-electron chi connectivity index (χ1n) is 12.3. The van der Waals surface area contributed by atoms with Crippen molar-refractivity contribution in [2.45, 2.75) is 76.0 Å². The Labute approximate surface area is 202 Å². The van der Waals surface area contributed by atoms with Crippen LogP contribution in [0.25, 0.3) is 0 Å². The van der Waals surface area contributed by atoms with Crippen LogP contribution in [0.1, 0.15) is 91.8 Å². The standard InChI is InChI=1S/C28H35NO3S/c1-2-3-4-5-6-7-8-9-10-13-20-33-23-18-16-22(17-19-23)26(30)21-29-25-15-12-11-14-24(25)27(31)28(29)32/h11-12,14-19H,2-10,13,20-21H2,1H3. The largest absolute Gasteiger partial charge is 0.299 e. The van der Waals surface area contributed by atoms with Crippen molar-refractivity contribution in [3.63, 3.8) is 0 Å². The topological polar surface area (TPSA) is 54.5 Å². The predicted molar refractivity (Wildman–Crippen MR) is 136 cm³/mol. The summed E-state index contributed by atoms with van der Waals surface area (Å²) in [5.41, 5.74) is 1.45. The smallest absolute Gasteiger partial charge is 0.297 e. The first kappa shape index (κ1) is 25.2. The number of nitrogens with zero attached hydrogens (tertiary/aromatic N) is 1. The minimum Gasteiger partial charge on any atom is -0.297 e. The lowest BCUT2D eigenvalue weighted by atomic mass is 10.1. The molecule has 0 unspecified atom stereocenters.